The summed E-state index contributed by atoms with van der Waals surface area (Å²) in [5.41, 5.74) is 9.90. The number of Topliss-reactive ketones (excluding diaryl/α,β-unsaturated/α-hetero) is 9. The van der Waals surface area contributed by atoms with E-state index in [9.17, 15) is 57.1 Å². The van der Waals surface area contributed by atoms with Crippen molar-refractivity contribution in [1.29, 1.82) is 0 Å². The number of rotatable bonds is 59. The topological polar surface area (TPSA) is 419 Å². The Morgan fingerprint density at radius 1 is 0.441 bits per heavy atom. The summed E-state index contributed by atoms with van der Waals surface area (Å²) in [6.07, 6.45) is 7.67. The Bertz CT molecular complexity index is 4930. The van der Waals surface area contributed by atoms with Crippen LogP contribution in [0.1, 0.15) is 255 Å². The first-order valence-corrected chi connectivity index (χ1v) is 47.9. The van der Waals surface area contributed by atoms with Gasteiger partial charge in [-0.15, -0.1) is 5.10 Å². The lowest BCUT2D eigenvalue weighted by Gasteiger charge is -2.38. The van der Waals surface area contributed by atoms with Gasteiger partial charge in [-0.2, -0.15) is 30.4 Å². The Morgan fingerprint density at radius 3 is 1.13 bits per heavy atom. The first kappa shape index (κ1) is 122. The molecule has 3 N–H and O–H groups in total. The smallest absolute Gasteiger partial charge is 0.236 e. The molecule has 2 amide bonds. The summed E-state index contributed by atoms with van der Waals surface area (Å²) in [4.78, 5) is 163. The molecule has 9 atom stereocenters. The van der Waals surface area contributed by atoms with Crippen molar-refractivity contribution in [2.24, 2.45) is 17.3 Å². The molecule has 3 aromatic heterocycles. The number of carbonyl (C=O) groups excluding carboxylic acids is 11. The molecule has 0 bridgehead atoms. The number of allylic oxidation sites excluding steroid dienone is 2. The number of hydrogen-bond donors (Lipinski definition) is 3. The standard InChI is InChI=1S/C22H30N2O5.C21H30FNO4.2C21H30N4O4.C21H31N3O5/c1-15(10-16(2)25)20-12-22(29-23-20)17(3)21(26)11-18-6-8-19(9-7-18)13-27-14-28-24(4)5;1-15(10-17(3)24)20(22)11-16(2)21(25)12-18-6-8-19(9-7-18)13-26-14-27-23(4)5;1-15(10-16(2)26)20-12-25(23-22-20)17(3)21(27)11-18-6-8-19(9-7-18)13-28-14-29-24(4)5;1-14(10-15(2)26)20-22-21(24-23-20)16(3)19(27)11-17-6-8-18(9-7-17)12-28-13-29-25(4)5;1-15(23-20(27)21(10-5-11-21)19(26)22-2)18(25)12-16-6-8-17(9-7-16)13-28-14-29-24(3)4/h6-9,12,15,17H,10-11,13-14H2,1-5H3;6-9,11,15-16H,10,12-14H2,1-5H3;6-9,12,15,17H,10-11,13-14H2,1-5H3;6-9,14,16H,10-13H2,1-5H3,(H,22,23,24);6-9,15H,5,10-14H2,1-4H3,(H,22,26)(H,23,27)/b;20-11-;;;/t15-,17+;15-,16-;15-,17+;14-,16+;15-/m11110/s1. The van der Waals surface area contributed by atoms with E-state index in [-0.39, 0.29) is 135 Å². The molecule has 5 aromatic carbocycles. The highest BCUT2D eigenvalue weighted by atomic mass is 19.1. The first-order valence-electron chi connectivity index (χ1n) is 47.9. The maximum atomic E-state index is 14.1. The molecule has 36 nitrogen and oxygen atoms in total. The number of ketones is 9. The Labute approximate surface area is 840 Å². The normalized spacial score (nSPS) is 14.1. The molecule has 3 heterocycles. The van der Waals surface area contributed by atoms with Crippen molar-refractivity contribution in [3.63, 3.8) is 0 Å². The maximum absolute atomic E-state index is 14.1. The summed E-state index contributed by atoms with van der Waals surface area (Å²) in [5, 5.41) is 32.4. The van der Waals surface area contributed by atoms with Crippen LogP contribution in [0.2, 0.25) is 0 Å². The average Bonchev–Trinajstić information content (AvgIpc) is 0.992. The van der Waals surface area contributed by atoms with Crippen molar-refractivity contribution in [3.05, 3.63) is 230 Å². The second-order valence-corrected chi connectivity index (χ2v) is 37.1. The van der Waals surface area contributed by atoms with Crippen molar-refractivity contribution >= 4 is 63.9 Å². The van der Waals surface area contributed by atoms with E-state index >= 15 is 0 Å². The number of hydrogen-bond acceptors (Lipinski definition) is 32. The van der Waals surface area contributed by atoms with Crippen molar-refractivity contribution < 1.29 is 110 Å². The summed E-state index contributed by atoms with van der Waals surface area (Å²) in [6, 6.07) is 39.0. The minimum Gasteiger partial charge on any atom is -0.360 e. The highest BCUT2D eigenvalue weighted by molar-refractivity contribution is 6.07. The van der Waals surface area contributed by atoms with E-state index < -0.39 is 47.0 Å². The summed E-state index contributed by atoms with van der Waals surface area (Å²) < 4.78 is 48.1. The van der Waals surface area contributed by atoms with Crippen LogP contribution >= 0.6 is 0 Å². The molecule has 1 aliphatic carbocycles. The second-order valence-electron chi connectivity index (χ2n) is 37.1. The lowest BCUT2D eigenvalue weighted by Crippen LogP contribution is -2.57. The van der Waals surface area contributed by atoms with Crippen LogP contribution in [0.5, 0.6) is 0 Å². The first-order chi connectivity index (χ1) is 67.7. The van der Waals surface area contributed by atoms with Crippen LogP contribution < -0.4 is 10.6 Å². The number of carbonyl (C=O) groups is 11. The van der Waals surface area contributed by atoms with Gasteiger partial charge in [-0.3, -0.25) is 62.8 Å². The van der Waals surface area contributed by atoms with E-state index in [1.54, 1.807) is 154 Å². The third kappa shape index (κ3) is 46.9. The molecule has 1 aliphatic rings. The van der Waals surface area contributed by atoms with Crippen LogP contribution in [0.15, 0.2) is 150 Å². The van der Waals surface area contributed by atoms with E-state index in [0.29, 0.717) is 108 Å². The van der Waals surface area contributed by atoms with Gasteiger partial charge in [0.2, 0.25) is 11.8 Å². The van der Waals surface area contributed by atoms with Crippen molar-refractivity contribution in [3.8, 4) is 0 Å². The lowest BCUT2D eigenvalue weighted by atomic mass is 9.67. The van der Waals surface area contributed by atoms with Gasteiger partial charge >= 0.3 is 0 Å². The number of halogens is 1. The van der Waals surface area contributed by atoms with E-state index in [0.717, 1.165) is 67.7 Å². The van der Waals surface area contributed by atoms with E-state index in [1.165, 1.54) is 20.0 Å². The number of nitrogens with one attached hydrogen (secondary N) is 3. The molecule has 143 heavy (non-hydrogen) atoms. The van der Waals surface area contributed by atoms with Gasteiger partial charge in [0, 0.05) is 177 Å². The van der Waals surface area contributed by atoms with Gasteiger partial charge in [0.15, 0.2) is 51.4 Å². The zero-order valence-electron chi connectivity index (χ0n) is 87.8. The molecule has 0 unspecified atom stereocenters. The van der Waals surface area contributed by atoms with E-state index in [4.69, 9.17) is 52.4 Å². The highest BCUT2D eigenvalue weighted by Gasteiger charge is 2.51. The fourth-order valence-corrected chi connectivity index (χ4v) is 14.0. The molecular formula is C106H151FN14O22. The number of benzene rings is 5. The number of nitrogens with zero attached hydrogens (tertiary/aromatic N) is 11. The summed E-state index contributed by atoms with van der Waals surface area (Å²) in [7, 11) is 19.4. The van der Waals surface area contributed by atoms with Crippen molar-refractivity contribution in [2.75, 3.05) is 111 Å². The van der Waals surface area contributed by atoms with Crippen LogP contribution in [0.3, 0.4) is 0 Å². The third-order valence-corrected chi connectivity index (χ3v) is 22.9. The quantitative estimate of drug-likeness (QED) is 0.0138. The lowest BCUT2D eigenvalue weighted by molar-refractivity contribution is -0.201. The molecule has 1 saturated carbocycles. The molecule has 0 aliphatic heterocycles. The fraction of sp³-hybridized carbons (Fsp3) is 0.528. The molecule has 1 fully saturated rings. The zero-order chi connectivity index (χ0) is 106. The molecule has 0 spiro atoms. The Kier molecular flexibility index (Phi) is 55.0. The minimum absolute atomic E-state index is 0.0126. The van der Waals surface area contributed by atoms with Crippen LogP contribution in [0.25, 0.3) is 0 Å². The number of aromatic amines is 1. The molecule has 784 valence electrons. The molecule has 0 radical (unpaired) electrons. The number of aromatic nitrogens is 7. The summed E-state index contributed by atoms with van der Waals surface area (Å²) in [6.45, 7) is 25.3. The minimum atomic E-state index is -1.03. The predicted molar refractivity (Wildman–Crippen MR) is 534 cm³/mol. The van der Waals surface area contributed by atoms with Crippen molar-refractivity contribution in [2.45, 2.75) is 242 Å². The number of amides is 2. The fourth-order valence-electron chi connectivity index (χ4n) is 14.0. The monoisotopic (exact) mass is 1990 g/mol. The van der Waals surface area contributed by atoms with E-state index in [1.807, 2.05) is 163 Å². The van der Waals surface area contributed by atoms with Crippen LogP contribution in [0.4, 0.5) is 4.39 Å². The Balaban J connectivity index is 0.000000315. The van der Waals surface area contributed by atoms with Gasteiger partial charge in [-0.05, 0) is 130 Å². The largest absolute Gasteiger partial charge is 0.360 e. The highest BCUT2D eigenvalue weighted by Crippen LogP contribution is 2.42. The Hall–Kier alpha value is -11.4. The number of hydroxylamine groups is 10. The van der Waals surface area contributed by atoms with Crippen LogP contribution in [-0.2, 0) is 166 Å². The predicted octanol–water partition coefficient (Wildman–Crippen LogP) is 14.2. The zero-order valence-corrected chi connectivity index (χ0v) is 87.8. The SMILES string of the molecule is CC(=O)C[C@@H](C)/C(F)=C/[C@@H](C)C(=O)Cc1ccc(COCON(C)C)cc1.CC(=O)C[C@@H](C)c1cc([C@@H](C)C(=O)Cc2ccc(COCON(C)C)cc2)on1.CC(=O)C[C@@H](C)c1cn([C@@H](C)C(=O)Cc2ccc(COCON(C)C)cc2)nn1.CC(=O)C[C@@H](C)c1n[nH]c([C@@H](C)C(=O)Cc2ccc(COCON(C)C)cc2)n1.CNC(=O)C1(C(=O)N[C@@H](C)C(=O)Cc2ccc(COCON(C)C)cc2)CCC1. The summed E-state index contributed by atoms with van der Waals surface area (Å²) in [5.74, 6) is -1.14. The second kappa shape index (κ2) is 64.4. The number of H-pyrrole nitrogens is 1. The molecule has 8 aromatic rings. The number of ether oxygens (including phenoxy) is 5. The van der Waals surface area contributed by atoms with Gasteiger partial charge in [0.25, 0.3) is 0 Å². The van der Waals surface area contributed by atoms with Gasteiger partial charge in [0.1, 0.15) is 63.5 Å². The maximum Gasteiger partial charge on any atom is 0.236 e. The molecule has 37 heteroatoms. The average molecular weight is 1990 g/mol. The molecule has 9 rings (SSSR count). The Morgan fingerprint density at radius 2 is 0.776 bits per heavy atom. The molecular weight excluding hydrogens is 1840 g/mol. The van der Waals surface area contributed by atoms with Gasteiger partial charge < -0.3 is 58.0 Å². The van der Waals surface area contributed by atoms with Gasteiger partial charge in [-0.1, -0.05) is 173 Å². The summed E-state index contributed by atoms with van der Waals surface area (Å²) >= 11 is 0. The van der Waals surface area contributed by atoms with E-state index in [2.05, 4.69) is 41.3 Å². The van der Waals surface area contributed by atoms with Crippen LogP contribution in [0, 0.1) is 17.3 Å². The molecule has 0 saturated heterocycles. The van der Waals surface area contributed by atoms with Crippen LogP contribution in [-0.4, -0.2) is 242 Å². The van der Waals surface area contributed by atoms with Gasteiger partial charge in [-0.25, -0.2) is 14.1 Å². The van der Waals surface area contributed by atoms with Gasteiger partial charge in [0.05, 0.1) is 68.1 Å². The van der Waals surface area contributed by atoms with Crippen molar-refractivity contribution in [1.82, 2.24) is 71.3 Å². The third-order valence-electron chi connectivity index (χ3n) is 22.9.